The minimum Gasteiger partial charge on any atom is -0.326 e. The van der Waals surface area contributed by atoms with Crippen molar-refractivity contribution in [1.29, 1.82) is 0 Å². The molecule has 1 aromatic carbocycles. The topological polar surface area (TPSA) is 58.4 Å². The Bertz CT molecular complexity index is 509. The first-order chi connectivity index (χ1) is 10.3. The second-order valence-electron chi connectivity index (χ2n) is 6.21. The van der Waals surface area contributed by atoms with Gasteiger partial charge < -0.3 is 16.0 Å². The van der Waals surface area contributed by atoms with E-state index in [-0.39, 0.29) is 5.91 Å². The van der Waals surface area contributed by atoms with Gasteiger partial charge in [-0.05, 0) is 61.9 Å². The molecule has 3 N–H and O–H groups in total. The first-order valence-electron chi connectivity index (χ1n) is 8.11. The Morgan fingerprint density at radius 3 is 3.10 bits per heavy atom. The highest BCUT2D eigenvalue weighted by molar-refractivity contribution is 5.94. The minimum atomic E-state index is 0.281. The van der Waals surface area contributed by atoms with E-state index in [1.807, 2.05) is 11.0 Å². The third-order valence-corrected chi connectivity index (χ3v) is 4.73. The fourth-order valence-electron chi connectivity index (χ4n) is 3.46. The van der Waals surface area contributed by atoms with Crippen LogP contribution in [0.5, 0.6) is 0 Å². The number of carbonyl (C=O) groups excluding carboxylic acids is 1. The standard InChI is InChI=1S/C17H25N3O/c18-11-14-3-5-16-15(10-14)2-1-9-20(16)17(21)6-4-13-7-8-19-12-13/h3,5,10,13,19H,1-2,4,6-9,11-12,18H2. The highest BCUT2D eigenvalue weighted by atomic mass is 16.2. The molecule has 21 heavy (non-hydrogen) atoms. The molecular formula is C17H25N3O. The highest BCUT2D eigenvalue weighted by Gasteiger charge is 2.24. The number of rotatable bonds is 4. The molecule has 4 heteroatoms. The van der Waals surface area contributed by atoms with Gasteiger partial charge in [-0.1, -0.05) is 12.1 Å². The van der Waals surface area contributed by atoms with Crippen LogP contribution >= 0.6 is 0 Å². The lowest BCUT2D eigenvalue weighted by Gasteiger charge is -2.30. The molecule has 0 aliphatic carbocycles. The number of hydrogen-bond acceptors (Lipinski definition) is 3. The van der Waals surface area contributed by atoms with Crippen LogP contribution in [0.1, 0.15) is 36.8 Å². The van der Waals surface area contributed by atoms with E-state index in [9.17, 15) is 4.79 Å². The Kier molecular flexibility index (Phi) is 4.56. The smallest absolute Gasteiger partial charge is 0.226 e. The van der Waals surface area contributed by atoms with Crippen LogP contribution in [-0.4, -0.2) is 25.5 Å². The van der Waals surface area contributed by atoms with Crippen LogP contribution in [0.4, 0.5) is 5.69 Å². The molecule has 0 spiro atoms. The van der Waals surface area contributed by atoms with Gasteiger partial charge in [0.05, 0.1) is 0 Å². The molecule has 2 aliphatic heterocycles. The molecule has 1 atom stereocenters. The number of hydrogen-bond donors (Lipinski definition) is 2. The zero-order valence-electron chi connectivity index (χ0n) is 12.6. The van der Waals surface area contributed by atoms with Crippen LogP contribution in [-0.2, 0) is 17.8 Å². The Balaban J connectivity index is 1.67. The number of nitrogens with one attached hydrogen (secondary N) is 1. The van der Waals surface area contributed by atoms with E-state index >= 15 is 0 Å². The average molecular weight is 287 g/mol. The molecule has 3 rings (SSSR count). The quantitative estimate of drug-likeness (QED) is 0.888. The zero-order valence-corrected chi connectivity index (χ0v) is 12.6. The second kappa shape index (κ2) is 6.58. The van der Waals surface area contributed by atoms with Crippen molar-refractivity contribution < 1.29 is 4.79 Å². The summed E-state index contributed by atoms with van der Waals surface area (Å²) in [6, 6.07) is 6.28. The number of fused-ring (bicyclic) bond motifs is 1. The Morgan fingerprint density at radius 2 is 2.33 bits per heavy atom. The molecule has 1 unspecified atom stereocenters. The fourth-order valence-corrected chi connectivity index (χ4v) is 3.46. The van der Waals surface area contributed by atoms with Crippen molar-refractivity contribution in [3.8, 4) is 0 Å². The van der Waals surface area contributed by atoms with E-state index in [2.05, 4.69) is 17.4 Å². The monoisotopic (exact) mass is 287 g/mol. The van der Waals surface area contributed by atoms with Gasteiger partial charge in [0.15, 0.2) is 0 Å². The molecule has 1 aromatic rings. The Labute approximate surface area is 126 Å². The van der Waals surface area contributed by atoms with E-state index in [0.717, 1.165) is 50.1 Å². The molecule has 1 amide bonds. The van der Waals surface area contributed by atoms with Crippen LogP contribution in [0.3, 0.4) is 0 Å². The van der Waals surface area contributed by atoms with Gasteiger partial charge in [-0.15, -0.1) is 0 Å². The normalized spacial score (nSPS) is 21.4. The maximum absolute atomic E-state index is 12.6. The third kappa shape index (κ3) is 3.27. The molecule has 0 saturated carbocycles. The molecular weight excluding hydrogens is 262 g/mol. The van der Waals surface area contributed by atoms with Crippen molar-refractivity contribution in [2.45, 2.75) is 38.6 Å². The van der Waals surface area contributed by atoms with Crippen molar-refractivity contribution in [3.63, 3.8) is 0 Å². The Morgan fingerprint density at radius 1 is 1.43 bits per heavy atom. The fraction of sp³-hybridized carbons (Fsp3) is 0.588. The van der Waals surface area contributed by atoms with Crippen molar-refractivity contribution in [2.24, 2.45) is 11.7 Å². The van der Waals surface area contributed by atoms with E-state index in [1.54, 1.807) is 0 Å². The van der Waals surface area contributed by atoms with E-state index in [1.165, 1.54) is 12.0 Å². The number of nitrogens with zero attached hydrogens (tertiary/aromatic N) is 1. The van der Waals surface area contributed by atoms with E-state index in [0.29, 0.717) is 18.9 Å². The molecule has 0 bridgehead atoms. The van der Waals surface area contributed by atoms with Crippen LogP contribution < -0.4 is 16.0 Å². The summed E-state index contributed by atoms with van der Waals surface area (Å²) in [5, 5.41) is 3.37. The van der Waals surface area contributed by atoms with Crippen molar-refractivity contribution in [3.05, 3.63) is 29.3 Å². The lowest BCUT2D eigenvalue weighted by atomic mass is 9.97. The molecule has 1 fully saturated rings. The van der Waals surface area contributed by atoms with E-state index < -0.39 is 0 Å². The summed E-state index contributed by atoms with van der Waals surface area (Å²) in [6.07, 6.45) is 5.00. The second-order valence-corrected chi connectivity index (χ2v) is 6.21. The van der Waals surface area contributed by atoms with Crippen LogP contribution in [0.15, 0.2) is 18.2 Å². The summed E-state index contributed by atoms with van der Waals surface area (Å²) in [7, 11) is 0. The predicted octanol–water partition coefficient (Wildman–Crippen LogP) is 1.81. The number of carbonyl (C=O) groups is 1. The first-order valence-corrected chi connectivity index (χ1v) is 8.11. The summed E-state index contributed by atoms with van der Waals surface area (Å²) >= 11 is 0. The van der Waals surface area contributed by atoms with Gasteiger partial charge in [0.1, 0.15) is 0 Å². The maximum Gasteiger partial charge on any atom is 0.226 e. The van der Waals surface area contributed by atoms with Gasteiger partial charge in [-0.3, -0.25) is 4.79 Å². The van der Waals surface area contributed by atoms with Gasteiger partial charge in [0, 0.05) is 25.2 Å². The van der Waals surface area contributed by atoms with Crippen molar-refractivity contribution in [1.82, 2.24) is 5.32 Å². The zero-order chi connectivity index (χ0) is 14.7. The van der Waals surface area contributed by atoms with Gasteiger partial charge >= 0.3 is 0 Å². The maximum atomic E-state index is 12.6. The average Bonchev–Trinajstić information content (AvgIpc) is 3.04. The molecule has 1 saturated heterocycles. The molecule has 0 aromatic heterocycles. The van der Waals surface area contributed by atoms with Gasteiger partial charge in [0.25, 0.3) is 0 Å². The van der Waals surface area contributed by atoms with Crippen LogP contribution in [0.2, 0.25) is 0 Å². The predicted molar refractivity (Wildman–Crippen MR) is 85.2 cm³/mol. The lowest BCUT2D eigenvalue weighted by molar-refractivity contribution is -0.119. The van der Waals surface area contributed by atoms with Gasteiger partial charge in [0.2, 0.25) is 5.91 Å². The van der Waals surface area contributed by atoms with Gasteiger partial charge in [-0.2, -0.15) is 0 Å². The number of aryl methyl sites for hydroxylation is 1. The Hall–Kier alpha value is -1.39. The molecule has 4 nitrogen and oxygen atoms in total. The molecule has 114 valence electrons. The molecule has 2 heterocycles. The summed E-state index contributed by atoms with van der Waals surface area (Å²) in [5.74, 6) is 0.959. The minimum absolute atomic E-state index is 0.281. The number of nitrogens with two attached hydrogens (primary N) is 1. The lowest BCUT2D eigenvalue weighted by Crippen LogP contribution is -2.35. The van der Waals surface area contributed by atoms with Crippen molar-refractivity contribution in [2.75, 3.05) is 24.5 Å². The summed E-state index contributed by atoms with van der Waals surface area (Å²) in [5.41, 5.74) is 9.24. The number of anilines is 1. The van der Waals surface area contributed by atoms with Crippen molar-refractivity contribution >= 4 is 11.6 Å². The number of benzene rings is 1. The summed E-state index contributed by atoms with van der Waals surface area (Å²) in [4.78, 5) is 14.5. The van der Waals surface area contributed by atoms with E-state index in [4.69, 9.17) is 5.73 Å². The van der Waals surface area contributed by atoms with Crippen LogP contribution in [0, 0.1) is 5.92 Å². The molecule has 2 aliphatic rings. The molecule has 0 radical (unpaired) electrons. The van der Waals surface area contributed by atoms with Gasteiger partial charge in [-0.25, -0.2) is 0 Å². The largest absolute Gasteiger partial charge is 0.326 e. The SMILES string of the molecule is NCc1ccc2c(c1)CCCN2C(=O)CCC1CCNC1. The first kappa shape index (κ1) is 14.5. The number of amides is 1. The highest BCUT2D eigenvalue weighted by Crippen LogP contribution is 2.29. The summed E-state index contributed by atoms with van der Waals surface area (Å²) < 4.78 is 0. The third-order valence-electron chi connectivity index (χ3n) is 4.73. The van der Waals surface area contributed by atoms with Crippen LogP contribution in [0.25, 0.3) is 0 Å². The summed E-state index contributed by atoms with van der Waals surface area (Å²) in [6.45, 7) is 3.60.